The highest BCUT2D eigenvalue weighted by Crippen LogP contribution is 2.24. The molecule has 25 heavy (non-hydrogen) atoms. The SMILES string of the molecule is COc1cscc1C(=O)Nc1cnn(Cn2nnc3ccccc32)c1. The van der Waals surface area contributed by atoms with Crippen LogP contribution in [0.5, 0.6) is 5.75 Å². The zero-order chi connectivity index (χ0) is 17.2. The summed E-state index contributed by atoms with van der Waals surface area (Å²) in [7, 11) is 1.54. The van der Waals surface area contributed by atoms with Crippen molar-refractivity contribution in [3.05, 3.63) is 53.0 Å². The summed E-state index contributed by atoms with van der Waals surface area (Å²) >= 11 is 1.41. The number of methoxy groups -OCH3 is 1. The maximum absolute atomic E-state index is 12.3. The standard InChI is InChI=1S/C16H14N6O2S/c1-24-15-9-25-8-12(15)16(23)18-11-6-17-21(7-11)10-22-14-5-3-2-4-13(14)19-20-22/h2-9H,10H2,1H3,(H,18,23). The number of hydrogen-bond donors (Lipinski definition) is 1. The number of anilines is 1. The number of carbonyl (C=O) groups excluding carboxylic acids is 1. The molecule has 8 nitrogen and oxygen atoms in total. The van der Waals surface area contributed by atoms with E-state index in [0.717, 1.165) is 11.0 Å². The Balaban J connectivity index is 1.50. The van der Waals surface area contributed by atoms with E-state index in [0.29, 0.717) is 23.7 Å². The van der Waals surface area contributed by atoms with Crippen molar-refractivity contribution in [2.24, 2.45) is 0 Å². The Morgan fingerprint density at radius 2 is 2.20 bits per heavy atom. The van der Waals surface area contributed by atoms with Gasteiger partial charge < -0.3 is 10.1 Å². The number of nitrogens with one attached hydrogen (secondary N) is 1. The van der Waals surface area contributed by atoms with E-state index in [-0.39, 0.29) is 5.91 Å². The van der Waals surface area contributed by atoms with Gasteiger partial charge in [-0.1, -0.05) is 17.3 Å². The highest BCUT2D eigenvalue weighted by Gasteiger charge is 2.14. The van der Waals surface area contributed by atoms with Crippen LogP contribution in [0.4, 0.5) is 5.69 Å². The van der Waals surface area contributed by atoms with Crippen LogP contribution in [0.15, 0.2) is 47.4 Å². The summed E-state index contributed by atoms with van der Waals surface area (Å²) in [4.78, 5) is 12.3. The van der Waals surface area contributed by atoms with Crippen LogP contribution in [0.2, 0.25) is 0 Å². The molecule has 0 aliphatic carbocycles. The lowest BCUT2D eigenvalue weighted by Crippen LogP contribution is -2.12. The Bertz CT molecular complexity index is 1030. The molecule has 0 bridgehead atoms. The molecule has 0 aliphatic rings. The monoisotopic (exact) mass is 354 g/mol. The third-order valence-corrected chi connectivity index (χ3v) is 4.40. The predicted molar refractivity (Wildman–Crippen MR) is 94.0 cm³/mol. The largest absolute Gasteiger partial charge is 0.495 e. The van der Waals surface area contributed by atoms with Gasteiger partial charge in [0.05, 0.1) is 36.3 Å². The average Bonchev–Trinajstić information content (AvgIpc) is 3.35. The highest BCUT2D eigenvalue weighted by molar-refractivity contribution is 7.08. The van der Waals surface area contributed by atoms with Crippen LogP contribution in [0.3, 0.4) is 0 Å². The summed E-state index contributed by atoms with van der Waals surface area (Å²) in [6.07, 6.45) is 3.34. The lowest BCUT2D eigenvalue weighted by atomic mass is 10.3. The first-order valence-electron chi connectivity index (χ1n) is 7.47. The minimum absolute atomic E-state index is 0.233. The molecule has 0 fully saturated rings. The lowest BCUT2D eigenvalue weighted by Gasteiger charge is -2.04. The molecule has 0 spiro atoms. The molecule has 4 aromatic rings. The van der Waals surface area contributed by atoms with Crippen molar-refractivity contribution in [1.29, 1.82) is 0 Å². The quantitative estimate of drug-likeness (QED) is 0.595. The number of ether oxygens (including phenoxy) is 1. The fraction of sp³-hybridized carbons (Fsp3) is 0.125. The van der Waals surface area contributed by atoms with Gasteiger partial charge in [0.25, 0.3) is 5.91 Å². The average molecular weight is 354 g/mol. The second-order valence-corrected chi connectivity index (χ2v) is 6.04. The Labute approximate surface area is 146 Å². The van der Waals surface area contributed by atoms with E-state index in [2.05, 4.69) is 20.7 Å². The Morgan fingerprint density at radius 1 is 1.32 bits per heavy atom. The number of aromatic nitrogens is 5. The van der Waals surface area contributed by atoms with E-state index in [4.69, 9.17) is 4.74 Å². The topological polar surface area (TPSA) is 86.9 Å². The molecule has 1 amide bonds. The molecule has 4 rings (SSSR count). The van der Waals surface area contributed by atoms with Crippen LogP contribution < -0.4 is 10.1 Å². The molecule has 1 aromatic carbocycles. The zero-order valence-corrected chi connectivity index (χ0v) is 14.1. The summed E-state index contributed by atoms with van der Waals surface area (Å²) in [5.41, 5.74) is 2.85. The third-order valence-electron chi connectivity index (χ3n) is 3.68. The van der Waals surface area contributed by atoms with Crippen LogP contribution in [0, 0.1) is 0 Å². The molecule has 0 saturated carbocycles. The summed E-state index contributed by atoms with van der Waals surface area (Å²) in [6, 6.07) is 7.71. The van der Waals surface area contributed by atoms with Gasteiger partial charge in [-0.15, -0.1) is 16.4 Å². The molecule has 0 aliphatic heterocycles. The van der Waals surface area contributed by atoms with Gasteiger partial charge >= 0.3 is 0 Å². The Morgan fingerprint density at radius 3 is 3.08 bits per heavy atom. The number of rotatable bonds is 5. The van der Waals surface area contributed by atoms with Crippen molar-refractivity contribution in [2.45, 2.75) is 6.67 Å². The van der Waals surface area contributed by atoms with Crippen LogP contribution in [0.25, 0.3) is 11.0 Å². The first kappa shape index (κ1) is 15.3. The minimum atomic E-state index is -0.233. The fourth-order valence-corrected chi connectivity index (χ4v) is 3.25. The second kappa shape index (κ2) is 6.36. The molecule has 126 valence electrons. The van der Waals surface area contributed by atoms with E-state index >= 15 is 0 Å². The second-order valence-electron chi connectivity index (χ2n) is 5.30. The van der Waals surface area contributed by atoms with Crippen molar-refractivity contribution in [3.8, 4) is 5.75 Å². The van der Waals surface area contributed by atoms with Gasteiger partial charge in [0.2, 0.25) is 0 Å². The van der Waals surface area contributed by atoms with Crippen molar-refractivity contribution in [3.63, 3.8) is 0 Å². The first-order chi connectivity index (χ1) is 12.2. The lowest BCUT2D eigenvalue weighted by molar-refractivity contribution is 0.102. The van der Waals surface area contributed by atoms with Crippen molar-refractivity contribution in [1.82, 2.24) is 24.8 Å². The van der Waals surface area contributed by atoms with Crippen LogP contribution >= 0.6 is 11.3 Å². The van der Waals surface area contributed by atoms with Gasteiger partial charge in [0.15, 0.2) is 0 Å². The summed E-state index contributed by atoms with van der Waals surface area (Å²) in [5.74, 6) is 0.327. The number of nitrogens with zero attached hydrogens (tertiary/aromatic N) is 5. The van der Waals surface area contributed by atoms with E-state index in [9.17, 15) is 4.79 Å². The third kappa shape index (κ3) is 2.96. The zero-order valence-electron chi connectivity index (χ0n) is 13.3. The maximum atomic E-state index is 12.3. The molecule has 9 heteroatoms. The molecule has 0 radical (unpaired) electrons. The predicted octanol–water partition coefficient (Wildman–Crippen LogP) is 2.46. The first-order valence-corrected chi connectivity index (χ1v) is 8.41. The van der Waals surface area contributed by atoms with Gasteiger partial charge in [-0.25, -0.2) is 9.36 Å². The van der Waals surface area contributed by atoms with E-state index in [1.165, 1.54) is 11.3 Å². The number of amides is 1. The van der Waals surface area contributed by atoms with Gasteiger partial charge in [-0.05, 0) is 12.1 Å². The summed E-state index contributed by atoms with van der Waals surface area (Å²) in [5, 5.41) is 18.9. The van der Waals surface area contributed by atoms with Crippen LogP contribution in [0.1, 0.15) is 10.4 Å². The maximum Gasteiger partial charge on any atom is 0.260 e. The Hall–Kier alpha value is -3.20. The molecule has 0 unspecified atom stereocenters. The van der Waals surface area contributed by atoms with Crippen LogP contribution in [-0.4, -0.2) is 37.8 Å². The molecule has 1 N–H and O–H groups in total. The number of hydrogen-bond acceptors (Lipinski definition) is 6. The number of para-hydroxylation sites is 1. The number of fused-ring (bicyclic) bond motifs is 1. The molecule has 0 saturated heterocycles. The van der Waals surface area contributed by atoms with Crippen molar-refractivity contribution in [2.75, 3.05) is 12.4 Å². The summed E-state index contributed by atoms with van der Waals surface area (Å²) in [6.45, 7) is 0.401. The van der Waals surface area contributed by atoms with E-state index in [1.54, 1.807) is 39.6 Å². The van der Waals surface area contributed by atoms with Crippen molar-refractivity contribution < 1.29 is 9.53 Å². The van der Waals surface area contributed by atoms with Crippen LogP contribution in [-0.2, 0) is 6.67 Å². The number of carbonyl (C=O) groups is 1. The molecule has 0 atom stereocenters. The van der Waals surface area contributed by atoms with Gasteiger partial charge in [-0.3, -0.25) is 4.79 Å². The molecule has 3 aromatic heterocycles. The normalized spacial score (nSPS) is 10.9. The van der Waals surface area contributed by atoms with E-state index < -0.39 is 0 Å². The molecular weight excluding hydrogens is 340 g/mol. The minimum Gasteiger partial charge on any atom is -0.495 e. The van der Waals surface area contributed by atoms with Gasteiger partial charge in [0, 0.05) is 10.8 Å². The van der Waals surface area contributed by atoms with Crippen molar-refractivity contribution >= 4 is 34.0 Å². The Kier molecular flexibility index (Phi) is 3.90. The number of benzene rings is 1. The highest BCUT2D eigenvalue weighted by atomic mass is 32.1. The smallest absolute Gasteiger partial charge is 0.260 e. The molecule has 3 heterocycles. The van der Waals surface area contributed by atoms with Gasteiger partial charge in [-0.2, -0.15) is 5.10 Å². The van der Waals surface area contributed by atoms with E-state index in [1.807, 2.05) is 24.3 Å². The number of thiophene rings is 1. The fourth-order valence-electron chi connectivity index (χ4n) is 2.47. The summed E-state index contributed by atoms with van der Waals surface area (Å²) < 4.78 is 8.60. The molecular formula is C16H14N6O2S. The van der Waals surface area contributed by atoms with Gasteiger partial charge in [0.1, 0.15) is 17.9 Å².